The summed E-state index contributed by atoms with van der Waals surface area (Å²) in [5.41, 5.74) is 2.79. The third-order valence-electron chi connectivity index (χ3n) is 5.57. The number of hydrogen-bond acceptors (Lipinski definition) is 5. The number of ether oxygens (including phenoxy) is 2. The van der Waals surface area contributed by atoms with Gasteiger partial charge in [0.25, 0.3) is 0 Å². The largest absolute Gasteiger partial charge is 0.462 e. The van der Waals surface area contributed by atoms with Crippen LogP contribution in [0.15, 0.2) is 60.7 Å². The van der Waals surface area contributed by atoms with E-state index in [0.717, 1.165) is 5.56 Å². The normalized spacial score (nSPS) is 10.8. The molecule has 8 heteroatoms. The lowest BCUT2D eigenvalue weighted by molar-refractivity contribution is -0.145. The molecule has 3 aromatic rings. The summed E-state index contributed by atoms with van der Waals surface area (Å²) in [6, 6.07) is 15.8. The molecule has 0 saturated carbocycles. The van der Waals surface area contributed by atoms with Crippen LogP contribution in [0.3, 0.4) is 0 Å². The number of carbonyl (C=O) groups is 3. The maximum absolute atomic E-state index is 13.8. The van der Waals surface area contributed by atoms with Crippen molar-refractivity contribution < 1.29 is 28.2 Å². The number of rotatable bonds is 9. The molecular weight excluding hydrogens is 497 g/mol. The van der Waals surface area contributed by atoms with Gasteiger partial charge in [0.15, 0.2) is 5.78 Å². The first kappa shape index (κ1) is 27.9. The van der Waals surface area contributed by atoms with Gasteiger partial charge in [0.1, 0.15) is 19.0 Å². The van der Waals surface area contributed by atoms with Crippen molar-refractivity contribution in [2.75, 3.05) is 18.1 Å². The van der Waals surface area contributed by atoms with Crippen molar-refractivity contribution in [3.8, 4) is 0 Å². The number of anilines is 2. The predicted molar refractivity (Wildman–Crippen MR) is 141 cm³/mol. The second-order valence-corrected chi connectivity index (χ2v) is 9.41. The van der Waals surface area contributed by atoms with Gasteiger partial charge in [-0.2, -0.15) is 0 Å². The van der Waals surface area contributed by atoms with Crippen LogP contribution in [0, 0.1) is 25.6 Å². The van der Waals surface area contributed by atoms with Crippen LogP contribution < -0.4 is 4.90 Å². The Morgan fingerprint density at radius 3 is 2.24 bits per heavy atom. The molecule has 0 atom stereocenters. The lowest BCUT2D eigenvalue weighted by Crippen LogP contribution is -2.29. The Hall–Kier alpha value is -3.71. The topological polar surface area (TPSA) is 72.9 Å². The number of esters is 1. The molecule has 0 aromatic heterocycles. The molecule has 3 rings (SSSR count). The molecule has 0 spiro atoms. The fourth-order valence-corrected chi connectivity index (χ4v) is 4.01. The molecule has 0 bridgehead atoms. The fraction of sp³-hybridized carbons (Fsp3) is 0.276. The quantitative estimate of drug-likeness (QED) is 0.168. The SMILES string of the molecule is Cc1ccccc1C(=O)c1ccc(N(C(=O)OCCOC(=O)CC(C)C)c2ccc(F)cc2C)cc1Cl. The molecule has 6 nitrogen and oxygen atoms in total. The minimum Gasteiger partial charge on any atom is -0.462 e. The molecule has 0 radical (unpaired) electrons. The molecule has 1 amide bonds. The lowest BCUT2D eigenvalue weighted by atomic mass is 9.99. The van der Waals surface area contributed by atoms with Gasteiger partial charge < -0.3 is 9.47 Å². The maximum Gasteiger partial charge on any atom is 0.419 e. The van der Waals surface area contributed by atoms with Gasteiger partial charge in [0, 0.05) is 17.5 Å². The number of aryl methyl sites for hydroxylation is 2. The van der Waals surface area contributed by atoms with Crippen molar-refractivity contribution in [3.05, 3.63) is 93.8 Å². The molecular formula is C29H29ClFNO5. The highest BCUT2D eigenvalue weighted by Gasteiger charge is 2.24. The minimum absolute atomic E-state index is 0.0991. The van der Waals surface area contributed by atoms with Crippen molar-refractivity contribution in [3.63, 3.8) is 0 Å². The predicted octanol–water partition coefficient (Wildman–Crippen LogP) is 7.19. The third kappa shape index (κ3) is 7.17. The van der Waals surface area contributed by atoms with Crippen molar-refractivity contribution in [2.24, 2.45) is 5.92 Å². The average Bonchev–Trinajstić information content (AvgIpc) is 2.83. The van der Waals surface area contributed by atoms with E-state index in [1.54, 1.807) is 31.2 Å². The number of hydrogen-bond donors (Lipinski definition) is 0. The smallest absolute Gasteiger partial charge is 0.419 e. The van der Waals surface area contributed by atoms with E-state index in [-0.39, 0.29) is 47.9 Å². The molecule has 0 aliphatic heterocycles. The van der Waals surface area contributed by atoms with Gasteiger partial charge in [-0.3, -0.25) is 9.59 Å². The Morgan fingerprint density at radius 2 is 1.59 bits per heavy atom. The Kier molecular flexibility index (Phi) is 9.42. The first-order valence-corrected chi connectivity index (χ1v) is 12.2. The lowest BCUT2D eigenvalue weighted by Gasteiger charge is -2.24. The third-order valence-corrected chi connectivity index (χ3v) is 5.89. The number of nitrogens with zero attached hydrogens (tertiary/aromatic N) is 1. The van der Waals surface area contributed by atoms with Crippen molar-refractivity contribution in [1.29, 1.82) is 0 Å². The zero-order valence-electron chi connectivity index (χ0n) is 21.2. The van der Waals surface area contributed by atoms with Crippen LogP contribution in [-0.4, -0.2) is 31.1 Å². The molecule has 0 saturated heterocycles. The number of benzene rings is 3. The molecule has 0 unspecified atom stereocenters. The summed E-state index contributed by atoms with van der Waals surface area (Å²) in [6.07, 6.45) is -0.510. The highest BCUT2D eigenvalue weighted by Crippen LogP contribution is 2.33. The first-order valence-electron chi connectivity index (χ1n) is 11.9. The minimum atomic E-state index is -0.774. The van der Waals surface area contributed by atoms with E-state index in [0.29, 0.717) is 22.5 Å². The summed E-state index contributed by atoms with van der Waals surface area (Å²) in [5, 5.41) is 0.144. The van der Waals surface area contributed by atoms with Crippen LogP contribution >= 0.6 is 11.6 Å². The Labute approximate surface area is 221 Å². The fourth-order valence-electron chi connectivity index (χ4n) is 3.75. The molecule has 0 heterocycles. The number of halogens is 2. The highest BCUT2D eigenvalue weighted by atomic mass is 35.5. The van der Waals surface area contributed by atoms with E-state index in [9.17, 15) is 18.8 Å². The summed E-state index contributed by atoms with van der Waals surface area (Å²) in [4.78, 5) is 39.2. The van der Waals surface area contributed by atoms with E-state index in [2.05, 4.69) is 0 Å². The van der Waals surface area contributed by atoms with E-state index < -0.39 is 11.9 Å². The number of ketones is 1. The Morgan fingerprint density at radius 1 is 0.892 bits per heavy atom. The molecule has 194 valence electrons. The zero-order chi connectivity index (χ0) is 27.1. The van der Waals surface area contributed by atoms with Crippen molar-refractivity contribution in [2.45, 2.75) is 34.1 Å². The van der Waals surface area contributed by atoms with Gasteiger partial charge in [-0.05, 0) is 67.3 Å². The van der Waals surface area contributed by atoms with E-state index in [1.165, 1.54) is 29.2 Å². The summed E-state index contributed by atoms with van der Waals surface area (Å²) in [5.74, 6) is -0.927. The first-order chi connectivity index (χ1) is 17.6. The maximum atomic E-state index is 13.8. The number of carbonyl (C=O) groups excluding carboxylic acids is 3. The second-order valence-electron chi connectivity index (χ2n) is 9.01. The van der Waals surface area contributed by atoms with Crippen molar-refractivity contribution >= 4 is 40.8 Å². The Balaban J connectivity index is 1.87. The van der Waals surface area contributed by atoms with Gasteiger partial charge in [0.05, 0.1) is 16.4 Å². The summed E-state index contributed by atoms with van der Waals surface area (Å²) < 4.78 is 24.3. The van der Waals surface area contributed by atoms with Gasteiger partial charge in [-0.25, -0.2) is 14.1 Å². The number of amides is 1. The van der Waals surface area contributed by atoms with Crippen LogP contribution in [0.2, 0.25) is 5.02 Å². The highest BCUT2D eigenvalue weighted by molar-refractivity contribution is 6.35. The summed E-state index contributed by atoms with van der Waals surface area (Å²) in [6.45, 7) is 7.02. The average molecular weight is 526 g/mol. The van der Waals surface area contributed by atoms with Crippen molar-refractivity contribution in [1.82, 2.24) is 0 Å². The van der Waals surface area contributed by atoms with Crippen LogP contribution in [0.1, 0.15) is 47.3 Å². The van der Waals surface area contributed by atoms with E-state index in [4.69, 9.17) is 21.1 Å². The van der Waals surface area contributed by atoms with Gasteiger partial charge in [0.2, 0.25) is 0 Å². The summed E-state index contributed by atoms with van der Waals surface area (Å²) >= 11 is 6.51. The molecule has 0 aliphatic rings. The standard InChI is InChI=1S/C29H29ClFNO5/c1-18(2)15-27(33)36-13-14-37-29(35)32(26-12-9-21(31)16-20(26)4)22-10-11-24(25(30)17-22)28(34)23-8-6-5-7-19(23)3/h5-12,16-18H,13-15H2,1-4H3. The van der Waals surface area contributed by atoms with E-state index in [1.807, 2.05) is 32.9 Å². The monoisotopic (exact) mass is 525 g/mol. The second kappa shape index (κ2) is 12.5. The molecule has 0 aliphatic carbocycles. The van der Waals surface area contributed by atoms with Gasteiger partial charge in [-0.15, -0.1) is 0 Å². The van der Waals surface area contributed by atoms with E-state index >= 15 is 0 Å². The molecule has 0 N–H and O–H groups in total. The molecule has 3 aromatic carbocycles. The molecule has 0 fully saturated rings. The van der Waals surface area contributed by atoms with Gasteiger partial charge in [-0.1, -0.05) is 49.7 Å². The van der Waals surface area contributed by atoms with Crippen LogP contribution in [0.5, 0.6) is 0 Å². The van der Waals surface area contributed by atoms with Gasteiger partial charge >= 0.3 is 12.1 Å². The zero-order valence-corrected chi connectivity index (χ0v) is 22.0. The molecule has 37 heavy (non-hydrogen) atoms. The Bertz CT molecular complexity index is 1310. The van der Waals surface area contributed by atoms with Crippen LogP contribution in [-0.2, 0) is 14.3 Å². The van der Waals surface area contributed by atoms with Crippen LogP contribution in [0.25, 0.3) is 0 Å². The van der Waals surface area contributed by atoms with Crippen LogP contribution in [0.4, 0.5) is 20.6 Å². The summed E-state index contributed by atoms with van der Waals surface area (Å²) in [7, 11) is 0.